The van der Waals surface area contributed by atoms with Gasteiger partial charge in [0.1, 0.15) is 11.4 Å². The molecule has 0 amide bonds. The van der Waals surface area contributed by atoms with Gasteiger partial charge in [-0.15, -0.1) is 0 Å². The van der Waals surface area contributed by atoms with Crippen LogP contribution in [0.15, 0.2) is 24.3 Å². The fourth-order valence-electron chi connectivity index (χ4n) is 3.07. The predicted molar refractivity (Wildman–Crippen MR) is 60.8 cm³/mol. The number of hydrogen-bond donors (Lipinski definition) is 1. The number of anilines is 1. The molecule has 0 aromatic heterocycles. The molecule has 0 atom stereocenters. The molecule has 2 fully saturated rings. The SMILES string of the molecule is Nc1ccc(OC23CCC(CC2)C3)cc1. The minimum Gasteiger partial charge on any atom is -0.487 e. The summed E-state index contributed by atoms with van der Waals surface area (Å²) in [5.74, 6) is 1.91. The first kappa shape index (κ1) is 9.08. The number of benzene rings is 1. The summed E-state index contributed by atoms with van der Waals surface area (Å²) in [4.78, 5) is 0. The Hall–Kier alpha value is -1.18. The number of nitrogen functional groups attached to an aromatic ring is 1. The maximum absolute atomic E-state index is 6.15. The number of fused-ring (bicyclic) bond motifs is 2. The van der Waals surface area contributed by atoms with Crippen molar-refractivity contribution < 1.29 is 4.74 Å². The van der Waals surface area contributed by atoms with Crippen LogP contribution in [0.4, 0.5) is 5.69 Å². The molecule has 2 heteroatoms. The van der Waals surface area contributed by atoms with Gasteiger partial charge in [-0.3, -0.25) is 0 Å². The van der Waals surface area contributed by atoms with Gasteiger partial charge < -0.3 is 10.5 Å². The lowest BCUT2D eigenvalue weighted by Gasteiger charge is -2.28. The monoisotopic (exact) mass is 203 g/mol. The smallest absolute Gasteiger partial charge is 0.120 e. The molecule has 2 aliphatic rings. The summed E-state index contributed by atoms with van der Waals surface area (Å²) in [6.07, 6.45) is 6.45. The Morgan fingerprint density at radius 1 is 1.13 bits per heavy atom. The Balaban J connectivity index is 1.77. The fraction of sp³-hybridized carbons (Fsp3) is 0.538. The zero-order valence-electron chi connectivity index (χ0n) is 8.91. The van der Waals surface area contributed by atoms with Gasteiger partial charge in [-0.25, -0.2) is 0 Å². The first-order valence-corrected chi connectivity index (χ1v) is 5.80. The number of nitrogens with two attached hydrogens (primary N) is 1. The zero-order chi connectivity index (χ0) is 10.3. The van der Waals surface area contributed by atoms with Gasteiger partial charge in [0, 0.05) is 5.69 Å². The Labute approximate surface area is 90.4 Å². The highest BCUT2D eigenvalue weighted by Crippen LogP contribution is 2.49. The molecule has 80 valence electrons. The normalized spacial score (nSPS) is 33.2. The molecule has 1 aromatic rings. The van der Waals surface area contributed by atoms with Crippen molar-refractivity contribution in [2.45, 2.75) is 37.7 Å². The quantitative estimate of drug-likeness (QED) is 0.750. The summed E-state index contributed by atoms with van der Waals surface area (Å²) >= 11 is 0. The Morgan fingerprint density at radius 2 is 1.80 bits per heavy atom. The second-order valence-electron chi connectivity index (χ2n) is 5.00. The van der Waals surface area contributed by atoms with Gasteiger partial charge >= 0.3 is 0 Å². The average Bonchev–Trinajstić information content (AvgIpc) is 2.81. The average molecular weight is 203 g/mol. The van der Waals surface area contributed by atoms with Crippen LogP contribution in [0.25, 0.3) is 0 Å². The second-order valence-corrected chi connectivity index (χ2v) is 5.00. The summed E-state index contributed by atoms with van der Waals surface area (Å²) in [6, 6.07) is 7.78. The molecule has 2 saturated carbocycles. The molecule has 15 heavy (non-hydrogen) atoms. The van der Waals surface area contributed by atoms with E-state index in [9.17, 15) is 0 Å². The van der Waals surface area contributed by atoms with Crippen LogP contribution in [-0.4, -0.2) is 5.60 Å². The van der Waals surface area contributed by atoms with Crippen LogP contribution in [0.5, 0.6) is 5.75 Å². The minimum absolute atomic E-state index is 0.167. The Kier molecular flexibility index (Phi) is 1.91. The van der Waals surface area contributed by atoms with E-state index in [2.05, 4.69) is 0 Å². The summed E-state index contributed by atoms with van der Waals surface area (Å²) in [5, 5.41) is 0. The van der Waals surface area contributed by atoms with Crippen molar-refractivity contribution in [2.24, 2.45) is 5.92 Å². The van der Waals surface area contributed by atoms with Gasteiger partial charge in [-0.2, -0.15) is 0 Å². The third kappa shape index (κ3) is 1.58. The van der Waals surface area contributed by atoms with E-state index in [4.69, 9.17) is 10.5 Å². The molecule has 2 bridgehead atoms. The first-order valence-electron chi connectivity index (χ1n) is 5.80. The molecule has 3 rings (SSSR count). The summed E-state index contributed by atoms with van der Waals surface area (Å²) < 4.78 is 6.15. The molecule has 0 saturated heterocycles. The molecular weight excluding hydrogens is 186 g/mol. The zero-order valence-corrected chi connectivity index (χ0v) is 8.91. The summed E-state index contributed by atoms with van der Waals surface area (Å²) in [6.45, 7) is 0. The third-order valence-corrected chi connectivity index (χ3v) is 3.89. The van der Waals surface area contributed by atoms with Crippen molar-refractivity contribution in [1.82, 2.24) is 0 Å². The van der Waals surface area contributed by atoms with Crippen molar-refractivity contribution in [3.05, 3.63) is 24.3 Å². The van der Waals surface area contributed by atoms with Crippen LogP contribution < -0.4 is 10.5 Å². The Bertz CT molecular complexity index is 349. The maximum atomic E-state index is 6.15. The van der Waals surface area contributed by atoms with Crippen LogP contribution in [0, 0.1) is 5.92 Å². The van der Waals surface area contributed by atoms with E-state index >= 15 is 0 Å². The molecule has 0 heterocycles. The van der Waals surface area contributed by atoms with E-state index in [1.165, 1.54) is 32.1 Å². The molecular formula is C13H17NO. The van der Waals surface area contributed by atoms with Crippen LogP contribution in [0.2, 0.25) is 0 Å². The van der Waals surface area contributed by atoms with E-state index in [1.807, 2.05) is 24.3 Å². The lowest BCUT2D eigenvalue weighted by atomic mass is 9.97. The van der Waals surface area contributed by atoms with Crippen LogP contribution >= 0.6 is 0 Å². The van der Waals surface area contributed by atoms with Crippen molar-refractivity contribution in [3.63, 3.8) is 0 Å². The second kappa shape index (κ2) is 3.16. The van der Waals surface area contributed by atoms with Crippen LogP contribution in [-0.2, 0) is 0 Å². The van der Waals surface area contributed by atoms with E-state index in [0.717, 1.165) is 17.4 Å². The topological polar surface area (TPSA) is 35.2 Å². The number of hydrogen-bond acceptors (Lipinski definition) is 2. The van der Waals surface area contributed by atoms with Crippen molar-refractivity contribution in [1.29, 1.82) is 0 Å². The first-order chi connectivity index (χ1) is 7.26. The van der Waals surface area contributed by atoms with Gasteiger partial charge in [-0.05, 0) is 62.3 Å². The molecule has 0 unspecified atom stereocenters. The number of rotatable bonds is 2. The van der Waals surface area contributed by atoms with Crippen molar-refractivity contribution in [2.75, 3.05) is 5.73 Å². The molecule has 2 aliphatic carbocycles. The maximum Gasteiger partial charge on any atom is 0.120 e. The highest BCUT2D eigenvalue weighted by atomic mass is 16.5. The number of ether oxygens (including phenoxy) is 1. The van der Waals surface area contributed by atoms with E-state index in [0.29, 0.717) is 0 Å². The predicted octanol–water partition coefficient (Wildman–Crippen LogP) is 2.98. The Morgan fingerprint density at radius 3 is 2.33 bits per heavy atom. The minimum atomic E-state index is 0.167. The fourth-order valence-corrected chi connectivity index (χ4v) is 3.07. The van der Waals surface area contributed by atoms with Gasteiger partial charge in [0.25, 0.3) is 0 Å². The van der Waals surface area contributed by atoms with E-state index in [-0.39, 0.29) is 5.60 Å². The lowest BCUT2D eigenvalue weighted by Crippen LogP contribution is -2.30. The molecule has 0 aliphatic heterocycles. The van der Waals surface area contributed by atoms with Gasteiger partial charge in [0.2, 0.25) is 0 Å². The molecule has 1 aromatic carbocycles. The lowest BCUT2D eigenvalue weighted by molar-refractivity contribution is 0.0803. The molecule has 0 radical (unpaired) electrons. The van der Waals surface area contributed by atoms with Crippen LogP contribution in [0.1, 0.15) is 32.1 Å². The van der Waals surface area contributed by atoms with Gasteiger partial charge in [0.05, 0.1) is 0 Å². The van der Waals surface area contributed by atoms with Crippen LogP contribution in [0.3, 0.4) is 0 Å². The van der Waals surface area contributed by atoms with Gasteiger partial charge in [-0.1, -0.05) is 0 Å². The molecule has 2 N–H and O–H groups in total. The molecule has 2 nitrogen and oxygen atoms in total. The highest BCUT2D eigenvalue weighted by Gasteiger charge is 2.46. The largest absolute Gasteiger partial charge is 0.487 e. The van der Waals surface area contributed by atoms with Crippen molar-refractivity contribution >= 4 is 5.69 Å². The highest BCUT2D eigenvalue weighted by molar-refractivity contribution is 5.41. The van der Waals surface area contributed by atoms with E-state index < -0.39 is 0 Å². The third-order valence-electron chi connectivity index (χ3n) is 3.89. The molecule has 0 spiro atoms. The van der Waals surface area contributed by atoms with E-state index in [1.54, 1.807) is 0 Å². The summed E-state index contributed by atoms with van der Waals surface area (Å²) in [5.41, 5.74) is 6.62. The summed E-state index contributed by atoms with van der Waals surface area (Å²) in [7, 11) is 0. The van der Waals surface area contributed by atoms with Crippen molar-refractivity contribution in [3.8, 4) is 5.75 Å². The van der Waals surface area contributed by atoms with Gasteiger partial charge in [0.15, 0.2) is 0 Å². The standard InChI is InChI=1S/C13H17NO/c14-11-1-3-12(4-2-11)15-13-7-5-10(9-13)6-8-13/h1-4,10H,5-9,14H2.